The molecule has 0 bridgehead atoms. The van der Waals surface area contributed by atoms with Gasteiger partial charge >= 0.3 is 12.1 Å². The first-order valence-corrected chi connectivity index (χ1v) is 7.26. The van der Waals surface area contributed by atoms with Crippen LogP contribution in [-0.4, -0.2) is 41.0 Å². The van der Waals surface area contributed by atoms with Crippen molar-refractivity contribution >= 4 is 34.1 Å². The summed E-state index contributed by atoms with van der Waals surface area (Å²) in [6, 6.07) is -1.02. The van der Waals surface area contributed by atoms with Crippen molar-refractivity contribution in [2.45, 2.75) is 45.3 Å². The number of hydrogen-bond donors (Lipinski definition) is 1. The monoisotopic (exact) mass is 317 g/mol. The number of nitrogens with one attached hydrogen (secondary N) is 1. The molecule has 21 heavy (non-hydrogen) atoms. The molecule has 1 aliphatic rings. The highest BCUT2D eigenvalue weighted by molar-refractivity contribution is 8.26. The number of esters is 1. The molecule has 2 atom stereocenters. The quantitative estimate of drug-likeness (QED) is 0.779. The van der Waals surface area contributed by atoms with E-state index < -0.39 is 29.6 Å². The normalized spacial score (nSPS) is 20.1. The van der Waals surface area contributed by atoms with Crippen LogP contribution < -0.4 is 5.32 Å². The Kier molecular flexibility index (Phi) is 5.77. The maximum Gasteiger partial charge on any atom is 0.408 e. The van der Waals surface area contributed by atoms with Gasteiger partial charge in [-0.3, -0.25) is 9.59 Å². The van der Waals surface area contributed by atoms with Crippen molar-refractivity contribution in [2.24, 2.45) is 5.92 Å². The first-order chi connectivity index (χ1) is 9.62. The largest absolute Gasteiger partial charge is 0.467 e. The molecule has 0 aromatic carbocycles. The average molecular weight is 317 g/mol. The van der Waals surface area contributed by atoms with Crippen LogP contribution in [0.15, 0.2) is 0 Å². The van der Waals surface area contributed by atoms with Crippen molar-refractivity contribution in [3.63, 3.8) is 0 Å². The van der Waals surface area contributed by atoms with Crippen LogP contribution in [0.25, 0.3) is 0 Å². The Morgan fingerprint density at radius 1 is 1.38 bits per heavy atom. The molecule has 1 heterocycles. The highest BCUT2D eigenvalue weighted by atomic mass is 32.2. The average Bonchev–Trinajstić information content (AvgIpc) is 2.63. The van der Waals surface area contributed by atoms with Gasteiger partial charge in [0.15, 0.2) is 10.2 Å². The minimum absolute atomic E-state index is 0.0174. The zero-order valence-corrected chi connectivity index (χ0v) is 13.2. The van der Waals surface area contributed by atoms with Gasteiger partial charge in [-0.1, -0.05) is 0 Å². The molecule has 7 nitrogen and oxygen atoms in total. The Bertz CT molecular complexity index is 456. The molecule has 8 heteroatoms. The third-order valence-corrected chi connectivity index (χ3v) is 3.59. The van der Waals surface area contributed by atoms with Crippen LogP contribution in [0.5, 0.6) is 0 Å². The number of methoxy groups -OCH3 is 1. The summed E-state index contributed by atoms with van der Waals surface area (Å²) < 4.78 is 9.66. The Balaban J connectivity index is 2.68. The van der Waals surface area contributed by atoms with Crippen LogP contribution in [0.3, 0.4) is 0 Å². The van der Waals surface area contributed by atoms with Crippen LogP contribution in [-0.2, 0) is 23.9 Å². The van der Waals surface area contributed by atoms with Gasteiger partial charge in [-0.05, 0) is 39.0 Å². The summed E-state index contributed by atoms with van der Waals surface area (Å²) in [6.07, 6.45) is -0.696. The molecule has 0 radical (unpaired) electrons. The van der Waals surface area contributed by atoms with Crippen LogP contribution in [0.1, 0.15) is 33.6 Å². The minimum Gasteiger partial charge on any atom is -0.467 e. The van der Waals surface area contributed by atoms with Gasteiger partial charge in [0.25, 0.3) is 0 Å². The molecule has 0 aliphatic carbocycles. The summed E-state index contributed by atoms with van der Waals surface area (Å²) >= 11 is 0.645. The van der Waals surface area contributed by atoms with Crippen LogP contribution in [0, 0.1) is 5.92 Å². The second kappa shape index (κ2) is 6.93. The lowest BCUT2D eigenvalue weighted by atomic mass is 9.98. The molecule has 1 amide bonds. The van der Waals surface area contributed by atoms with E-state index in [1.165, 1.54) is 7.11 Å². The Labute approximate surface area is 127 Å². The fraction of sp³-hybridized carbons (Fsp3) is 0.692. The van der Waals surface area contributed by atoms with Gasteiger partial charge < -0.3 is 14.8 Å². The Morgan fingerprint density at radius 3 is 2.43 bits per heavy atom. The zero-order valence-electron chi connectivity index (χ0n) is 12.4. The zero-order chi connectivity index (χ0) is 16.2. The van der Waals surface area contributed by atoms with E-state index in [4.69, 9.17) is 4.74 Å². The third kappa shape index (κ3) is 5.74. The number of thioether (sulfide) groups is 1. The molecule has 1 fully saturated rings. The maximum atomic E-state index is 11.7. The van der Waals surface area contributed by atoms with Crippen molar-refractivity contribution in [3.8, 4) is 0 Å². The topological polar surface area (TPSA) is 98.8 Å². The number of ether oxygens (including phenoxy) is 2. The standard InChI is InChI=1S/C13H19NO6S/c1-13(2,3)20-12(18)14-8(10(16)19-4)5-7-6-9(15)21-11(7)17/h7-8H,5-6H2,1-4H3,(H,14,18)/t7?,8-/m0/s1. The molecule has 1 saturated heterocycles. The fourth-order valence-corrected chi connectivity index (χ4v) is 2.65. The summed E-state index contributed by atoms with van der Waals surface area (Å²) in [5.74, 6) is -1.28. The lowest BCUT2D eigenvalue weighted by Gasteiger charge is -2.23. The molecule has 0 spiro atoms. The Morgan fingerprint density at radius 2 is 2.00 bits per heavy atom. The van der Waals surface area contributed by atoms with E-state index in [1.807, 2.05) is 0 Å². The van der Waals surface area contributed by atoms with E-state index in [9.17, 15) is 19.2 Å². The molecule has 1 N–H and O–H groups in total. The first kappa shape index (κ1) is 17.5. The van der Waals surface area contributed by atoms with Gasteiger partial charge in [-0.15, -0.1) is 0 Å². The maximum absolute atomic E-state index is 11.7. The lowest BCUT2D eigenvalue weighted by molar-refractivity contribution is -0.143. The lowest BCUT2D eigenvalue weighted by Crippen LogP contribution is -2.45. The molecule has 1 unspecified atom stereocenters. The smallest absolute Gasteiger partial charge is 0.408 e. The summed E-state index contributed by atoms with van der Waals surface area (Å²) in [4.78, 5) is 46.2. The fourth-order valence-electron chi connectivity index (χ4n) is 1.79. The second-order valence-electron chi connectivity index (χ2n) is 5.65. The predicted octanol–water partition coefficient (Wildman–Crippen LogP) is 1.25. The molecular weight excluding hydrogens is 298 g/mol. The van der Waals surface area contributed by atoms with Gasteiger partial charge in [0.1, 0.15) is 11.6 Å². The number of rotatable bonds is 4. The van der Waals surface area contributed by atoms with Gasteiger partial charge in [0, 0.05) is 12.3 Å². The number of carbonyl (C=O) groups is 4. The SMILES string of the molecule is COC(=O)[C@H](CC1CC(=O)SC1=O)NC(=O)OC(C)(C)C. The molecular formula is C13H19NO6S. The van der Waals surface area contributed by atoms with E-state index in [0.717, 1.165) is 0 Å². The summed E-state index contributed by atoms with van der Waals surface area (Å²) in [7, 11) is 1.18. The van der Waals surface area contributed by atoms with Crippen molar-refractivity contribution in [1.82, 2.24) is 5.32 Å². The number of alkyl carbamates (subject to hydrolysis) is 1. The number of amides is 1. The molecule has 1 aliphatic heterocycles. The van der Waals surface area contributed by atoms with Gasteiger partial charge in [0.05, 0.1) is 7.11 Å². The van der Waals surface area contributed by atoms with E-state index in [0.29, 0.717) is 11.8 Å². The van der Waals surface area contributed by atoms with Crippen LogP contribution in [0.2, 0.25) is 0 Å². The van der Waals surface area contributed by atoms with Crippen molar-refractivity contribution in [3.05, 3.63) is 0 Å². The van der Waals surface area contributed by atoms with Crippen molar-refractivity contribution in [2.75, 3.05) is 7.11 Å². The summed E-state index contributed by atoms with van der Waals surface area (Å²) in [6.45, 7) is 5.07. The van der Waals surface area contributed by atoms with Gasteiger partial charge in [0.2, 0.25) is 0 Å². The Hall–Kier alpha value is -1.57. The first-order valence-electron chi connectivity index (χ1n) is 6.44. The van der Waals surface area contributed by atoms with Crippen molar-refractivity contribution < 1.29 is 28.7 Å². The highest BCUT2D eigenvalue weighted by Gasteiger charge is 2.37. The second-order valence-corrected chi connectivity index (χ2v) is 6.71. The van der Waals surface area contributed by atoms with Gasteiger partial charge in [-0.25, -0.2) is 9.59 Å². The summed E-state index contributed by atoms with van der Waals surface area (Å²) in [5, 5.41) is 1.86. The molecule has 0 saturated carbocycles. The van der Waals surface area contributed by atoms with Crippen LogP contribution >= 0.6 is 11.8 Å². The number of hydrogen-bond acceptors (Lipinski definition) is 7. The molecule has 0 aromatic rings. The molecule has 118 valence electrons. The van der Waals surface area contributed by atoms with E-state index in [2.05, 4.69) is 10.1 Å². The highest BCUT2D eigenvalue weighted by Crippen LogP contribution is 2.30. The van der Waals surface area contributed by atoms with Crippen molar-refractivity contribution in [1.29, 1.82) is 0 Å². The molecule has 1 rings (SSSR count). The molecule has 0 aromatic heterocycles. The van der Waals surface area contributed by atoms with Gasteiger partial charge in [-0.2, -0.15) is 0 Å². The predicted molar refractivity (Wildman–Crippen MR) is 75.5 cm³/mol. The third-order valence-electron chi connectivity index (χ3n) is 2.66. The van der Waals surface area contributed by atoms with E-state index in [-0.39, 0.29) is 23.1 Å². The number of carbonyl (C=O) groups excluding carboxylic acids is 4. The van der Waals surface area contributed by atoms with Crippen LogP contribution in [0.4, 0.5) is 4.79 Å². The summed E-state index contributed by atoms with van der Waals surface area (Å²) in [5.41, 5.74) is -0.709. The van der Waals surface area contributed by atoms with E-state index >= 15 is 0 Å². The minimum atomic E-state index is -1.02. The van der Waals surface area contributed by atoms with E-state index in [1.54, 1.807) is 20.8 Å².